The molecule has 19 heavy (non-hydrogen) atoms. The number of rotatable bonds is 4. The number of pyridine rings is 2. The fourth-order valence-corrected chi connectivity index (χ4v) is 2.05. The minimum Gasteiger partial charge on any atom is -0.368 e. The fraction of sp³-hybridized carbons (Fsp3) is 0.214. The first-order chi connectivity index (χ1) is 9.34. The van der Waals surface area contributed by atoms with Crippen molar-refractivity contribution in [2.45, 2.75) is 6.42 Å². The molecule has 0 radical (unpaired) electrons. The largest absolute Gasteiger partial charge is 0.368 e. The molecule has 0 aliphatic rings. The van der Waals surface area contributed by atoms with E-state index in [-0.39, 0.29) is 0 Å². The Balaban J connectivity index is 1.72. The Morgan fingerprint density at radius 2 is 2.05 bits per heavy atom. The molecule has 0 aromatic carbocycles. The van der Waals surface area contributed by atoms with Crippen LogP contribution in [0.1, 0.15) is 5.69 Å². The number of imidazole rings is 1. The first kappa shape index (κ1) is 11.6. The van der Waals surface area contributed by atoms with E-state index in [9.17, 15) is 0 Å². The maximum absolute atomic E-state index is 4.37. The highest BCUT2D eigenvalue weighted by atomic mass is 15.1. The lowest BCUT2D eigenvalue weighted by Crippen LogP contribution is -2.07. The van der Waals surface area contributed by atoms with Crippen LogP contribution in [0.3, 0.4) is 0 Å². The van der Waals surface area contributed by atoms with Gasteiger partial charge >= 0.3 is 0 Å². The van der Waals surface area contributed by atoms with Crippen molar-refractivity contribution in [1.29, 1.82) is 0 Å². The van der Waals surface area contributed by atoms with Gasteiger partial charge in [0.15, 0.2) is 5.82 Å². The molecule has 0 bridgehead atoms. The number of anilines is 1. The van der Waals surface area contributed by atoms with Crippen LogP contribution in [0.25, 0.3) is 11.0 Å². The van der Waals surface area contributed by atoms with Crippen LogP contribution in [0.4, 0.5) is 5.82 Å². The summed E-state index contributed by atoms with van der Waals surface area (Å²) in [6, 6.07) is 7.91. The van der Waals surface area contributed by atoms with Gasteiger partial charge in [0.25, 0.3) is 0 Å². The van der Waals surface area contributed by atoms with Gasteiger partial charge in [-0.25, -0.2) is 9.97 Å². The van der Waals surface area contributed by atoms with E-state index in [1.54, 1.807) is 12.5 Å². The number of aryl methyl sites for hydroxylation is 1. The Kier molecular flexibility index (Phi) is 3.10. The zero-order valence-electron chi connectivity index (χ0n) is 10.7. The molecular weight excluding hydrogens is 238 g/mol. The monoisotopic (exact) mass is 253 g/mol. The number of hydrogen-bond acceptors (Lipinski definition) is 4. The highest BCUT2D eigenvalue weighted by molar-refractivity contribution is 5.85. The zero-order chi connectivity index (χ0) is 13.1. The van der Waals surface area contributed by atoms with Gasteiger partial charge in [-0.3, -0.25) is 4.98 Å². The lowest BCUT2D eigenvalue weighted by atomic mass is 10.2. The second kappa shape index (κ2) is 5.06. The molecule has 0 unspecified atom stereocenters. The van der Waals surface area contributed by atoms with Crippen LogP contribution in [0.2, 0.25) is 0 Å². The van der Waals surface area contributed by atoms with Crippen LogP contribution in [0.5, 0.6) is 0 Å². The molecule has 5 heteroatoms. The highest BCUT2D eigenvalue weighted by Gasteiger charge is 2.06. The van der Waals surface area contributed by atoms with E-state index < -0.39 is 0 Å². The first-order valence-corrected chi connectivity index (χ1v) is 6.24. The number of nitrogens with zero attached hydrogens (tertiary/aromatic N) is 4. The molecule has 0 saturated carbocycles. The molecule has 3 heterocycles. The van der Waals surface area contributed by atoms with Gasteiger partial charge in [0, 0.05) is 38.1 Å². The van der Waals surface area contributed by atoms with E-state index in [4.69, 9.17) is 0 Å². The molecule has 5 nitrogen and oxygen atoms in total. The van der Waals surface area contributed by atoms with E-state index in [2.05, 4.69) is 20.3 Å². The average molecular weight is 253 g/mol. The third kappa shape index (κ3) is 2.40. The van der Waals surface area contributed by atoms with Crippen LogP contribution in [-0.2, 0) is 13.5 Å². The molecule has 0 spiro atoms. The predicted molar refractivity (Wildman–Crippen MR) is 74.9 cm³/mol. The van der Waals surface area contributed by atoms with Crippen molar-refractivity contribution >= 4 is 16.9 Å². The summed E-state index contributed by atoms with van der Waals surface area (Å²) in [5.74, 6) is 0.828. The molecule has 0 fully saturated rings. The molecule has 0 aliphatic heterocycles. The molecule has 0 saturated heterocycles. The molecule has 0 amide bonds. The van der Waals surface area contributed by atoms with E-state index in [0.29, 0.717) is 0 Å². The predicted octanol–water partition coefficient (Wildman–Crippen LogP) is 2.02. The summed E-state index contributed by atoms with van der Waals surface area (Å²) >= 11 is 0. The standard InChI is InChI=1S/C14H15N5/c1-19-10-18-13-12(19)6-9-17-14(13)16-8-5-11-4-2-3-7-15-11/h2-4,6-7,9-10H,5,8H2,1H3,(H,16,17). The Hall–Kier alpha value is -2.43. The number of aromatic nitrogens is 4. The molecule has 0 aliphatic carbocycles. The molecule has 3 aromatic heterocycles. The smallest absolute Gasteiger partial charge is 0.154 e. The minimum absolute atomic E-state index is 0.791. The van der Waals surface area contributed by atoms with Crippen molar-refractivity contribution in [2.24, 2.45) is 7.05 Å². The van der Waals surface area contributed by atoms with Gasteiger partial charge in [-0.1, -0.05) is 6.07 Å². The van der Waals surface area contributed by atoms with E-state index in [1.165, 1.54) is 0 Å². The first-order valence-electron chi connectivity index (χ1n) is 6.24. The van der Waals surface area contributed by atoms with Gasteiger partial charge < -0.3 is 9.88 Å². The third-order valence-corrected chi connectivity index (χ3v) is 3.04. The maximum Gasteiger partial charge on any atom is 0.154 e. The molecule has 96 valence electrons. The van der Waals surface area contributed by atoms with Crippen LogP contribution < -0.4 is 5.32 Å². The molecule has 3 aromatic rings. The van der Waals surface area contributed by atoms with Gasteiger partial charge in [0.05, 0.1) is 11.8 Å². The summed E-state index contributed by atoms with van der Waals surface area (Å²) < 4.78 is 1.99. The quantitative estimate of drug-likeness (QED) is 0.773. The highest BCUT2D eigenvalue weighted by Crippen LogP contribution is 2.18. The van der Waals surface area contributed by atoms with Gasteiger partial charge in [0.1, 0.15) is 5.52 Å². The second-order valence-electron chi connectivity index (χ2n) is 4.38. The Bertz CT molecular complexity index is 675. The van der Waals surface area contributed by atoms with Crippen molar-refractivity contribution in [3.63, 3.8) is 0 Å². The van der Waals surface area contributed by atoms with Gasteiger partial charge in [0.2, 0.25) is 0 Å². The van der Waals surface area contributed by atoms with Crippen LogP contribution >= 0.6 is 0 Å². The molecule has 1 N–H and O–H groups in total. The van der Waals surface area contributed by atoms with Crippen molar-refractivity contribution in [2.75, 3.05) is 11.9 Å². The van der Waals surface area contributed by atoms with Crippen molar-refractivity contribution in [3.05, 3.63) is 48.7 Å². The lowest BCUT2D eigenvalue weighted by molar-refractivity contribution is 0.947. The number of nitrogens with one attached hydrogen (secondary N) is 1. The normalized spacial score (nSPS) is 10.8. The zero-order valence-corrected chi connectivity index (χ0v) is 10.7. The van der Waals surface area contributed by atoms with Crippen LogP contribution in [-0.4, -0.2) is 26.1 Å². The molecular formula is C14H15N5. The number of fused-ring (bicyclic) bond motifs is 1. The van der Waals surface area contributed by atoms with Gasteiger partial charge in [-0.05, 0) is 18.2 Å². The SMILES string of the molecule is Cn1cnc2c(NCCc3ccccn3)nccc21. The fourth-order valence-electron chi connectivity index (χ4n) is 2.05. The Morgan fingerprint density at radius 3 is 2.89 bits per heavy atom. The summed E-state index contributed by atoms with van der Waals surface area (Å²) in [6.45, 7) is 0.791. The second-order valence-corrected chi connectivity index (χ2v) is 4.38. The summed E-state index contributed by atoms with van der Waals surface area (Å²) in [5.41, 5.74) is 3.06. The Labute approximate surface area is 111 Å². The van der Waals surface area contributed by atoms with Crippen LogP contribution in [0.15, 0.2) is 43.0 Å². The average Bonchev–Trinajstić information content (AvgIpc) is 2.83. The topological polar surface area (TPSA) is 55.6 Å². The van der Waals surface area contributed by atoms with E-state index in [1.807, 2.05) is 42.1 Å². The minimum atomic E-state index is 0.791. The van der Waals surface area contributed by atoms with Crippen LogP contribution in [0, 0.1) is 0 Å². The van der Waals surface area contributed by atoms with Crippen molar-refractivity contribution in [3.8, 4) is 0 Å². The molecule has 3 rings (SSSR count). The van der Waals surface area contributed by atoms with E-state index >= 15 is 0 Å². The number of hydrogen-bond donors (Lipinski definition) is 1. The van der Waals surface area contributed by atoms with E-state index in [0.717, 1.165) is 35.5 Å². The molecule has 0 atom stereocenters. The van der Waals surface area contributed by atoms with Crippen molar-refractivity contribution in [1.82, 2.24) is 19.5 Å². The van der Waals surface area contributed by atoms with Gasteiger partial charge in [-0.15, -0.1) is 0 Å². The van der Waals surface area contributed by atoms with Crippen molar-refractivity contribution < 1.29 is 0 Å². The summed E-state index contributed by atoms with van der Waals surface area (Å²) in [7, 11) is 1.98. The maximum atomic E-state index is 4.37. The lowest BCUT2D eigenvalue weighted by Gasteiger charge is -2.06. The van der Waals surface area contributed by atoms with Gasteiger partial charge in [-0.2, -0.15) is 0 Å². The summed E-state index contributed by atoms with van der Waals surface area (Å²) in [4.78, 5) is 13.0. The third-order valence-electron chi connectivity index (χ3n) is 3.04. The Morgan fingerprint density at radius 1 is 1.11 bits per heavy atom. The summed E-state index contributed by atoms with van der Waals surface area (Å²) in [5, 5.41) is 3.32. The summed E-state index contributed by atoms with van der Waals surface area (Å²) in [6.07, 6.45) is 6.28.